The number of nitrogens with zero attached hydrogens (tertiary/aromatic N) is 1. The average molecular weight is 393 g/mol. The average Bonchev–Trinajstić information content (AvgIpc) is 2.74. The van der Waals surface area contributed by atoms with E-state index in [0.29, 0.717) is 44.0 Å². The first-order chi connectivity index (χ1) is 14.2. The highest BCUT2D eigenvalue weighted by Crippen LogP contribution is 2.29. The van der Waals surface area contributed by atoms with Gasteiger partial charge in [0.1, 0.15) is 0 Å². The first-order valence-corrected chi connectivity index (χ1v) is 10.1. The van der Waals surface area contributed by atoms with Crippen LogP contribution >= 0.6 is 0 Å². The molecule has 0 saturated carbocycles. The lowest BCUT2D eigenvalue weighted by atomic mass is 9.90. The standard InChI is InChI=1S/C24H27NO4/c1-3-28-15-14-25-22(18-10-6-5-7-11-18)17-20(24(27)29-4-2)16-19-12-8-9-13-21(19)23(25)26/h5-13,17,20H,3-4,14-16H2,1-2H3/b22-17-. The maximum Gasteiger partial charge on any atom is 0.313 e. The van der Waals surface area contributed by atoms with Gasteiger partial charge < -0.3 is 14.4 Å². The maximum atomic E-state index is 13.5. The Hall–Kier alpha value is -2.92. The van der Waals surface area contributed by atoms with Crippen molar-refractivity contribution in [3.05, 3.63) is 77.4 Å². The molecule has 0 saturated heterocycles. The third-order valence-corrected chi connectivity index (χ3v) is 4.90. The minimum atomic E-state index is -0.478. The molecule has 0 fully saturated rings. The van der Waals surface area contributed by atoms with E-state index in [1.807, 2.05) is 67.6 Å². The highest BCUT2D eigenvalue weighted by molar-refractivity contribution is 6.01. The van der Waals surface area contributed by atoms with Crippen LogP contribution in [0.4, 0.5) is 0 Å². The van der Waals surface area contributed by atoms with Crippen molar-refractivity contribution in [1.82, 2.24) is 4.90 Å². The number of amides is 1. The number of hydrogen-bond donors (Lipinski definition) is 0. The van der Waals surface area contributed by atoms with E-state index in [-0.39, 0.29) is 11.9 Å². The Morgan fingerprint density at radius 2 is 1.76 bits per heavy atom. The predicted octanol–water partition coefficient (Wildman–Crippen LogP) is 3.94. The van der Waals surface area contributed by atoms with Crippen molar-refractivity contribution in [2.45, 2.75) is 20.3 Å². The van der Waals surface area contributed by atoms with Gasteiger partial charge in [0.15, 0.2) is 0 Å². The van der Waals surface area contributed by atoms with E-state index in [4.69, 9.17) is 9.47 Å². The van der Waals surface area contributed by atoms with Crippen molar-refractivity contribution in [3.63, 3.8) is 0 Å². The topological polar surface area (TPSA) is 55.8 Å². The zero-order valence-corrected chi connectivity index (χ0v) is 17.0. The lowest BCUT2D eigenvalue weighted by molar-refractivity contribution is -0.146. The molecular weight excluding hydrogens is 366 g/mol. The summed E-state index contributed by atoms with van der Waals surface area (Å²) in [6.45, 7) is 5.44. The van der Waals surface area contributed by atoms with E-state index in [1.54, 1.807) is 11.8 Å². The number of fused-ring (bicyclic) bond motifs is 1. The summed E-state index contributed by atoms with van der Waals surface area (Å²) >= 11 is 0. The van der Waals surface area contributed by atoms with Gasteiger partial charge in [0.25, 0.3) is 5.91 Å². The van der Waals surface area contributed by atoms with Gasteiger partial charge in [0.2, 0.25) is 0 Å². The van der Waals surface area contributed by atoms with E-state index in [9.17, 15) is 9.59 Å². The Morgan fingerprint density at radius 1 is 1.03 bits per heavy atom. The van der Waals surface area contributed by atoms with Crippen molar-refractivity contribution in [2.24, 2.45) is 5.92 Å². The van der Waals surface area contributed by atoms with Crippen LogP contribution in [-0.4, -0.2) is 43.1 Å². The molecule has 0 N–H and O–H groups in total. The van der Waals surface area contributed by atoms with E-state index in [0.717, 1.165) is 11.1 Å². The Bertz CT molecular complexity index is 875. The quantitative estimate of drug-likeness (QED) is 0.528. The third kappa shape index (κ3) is 4.93. The largest absolute Gasteiger partial charge is 0.466 e. The third-order valence-electron chi connectivity index (χ3n) is 4.90. The second kappa shape index (κ2) is 10.0. The van der Waals surface area contributed by atoms with Crippen LogP contribution in [0.3, 0.4) is 0 Å². The molecule has 1 aliphatic heterocycles. The Labute approximate surface area is 171 Å². The maximum absolute atomic E-state index is 13.5. The lowest BCUT2D eigenvalue weighted by Gasteiger charge is -2.30. The molecular formula is C24H27NO4. The first kappa shape index (κ1) is 20.8. The van der Waals surface area contributed by atoms with Gasteiger partial charge in [-0.3, -0.25) is 9.59 Å². The second-order valence-electron chi connectivity index (χ2n) is 6.79. The van der Waals surface area contributed by atoms with Crippen LogP contribution in [-0.2, 0) is 20.7 Å². The molecule has 3 rings (SSSR count). The summed E-state index contributed by atoms with van der Waals surface area (Å²) < 4.78 is 10.9. The Kier molecular flexibility index (Phi) is 7.19. The molecule has 0 radical (unpaired) electrons. The van der Waals surface area contributed by atoms with Gasteiger partial charge in [-0.15, -0.1) is 0 Å². The van der Waals surface area contributed by atoms with Gasteiger partial charge in [0.05, 0.1) is 19.1 Å². The normalized spacial score (nSPS) is 18.3. The number of benzene rings is 2. The summed E-state index contributed by atoms with van der Waals surface area (Å²) in [5, 5.41) is 0. The molecule has 152 valence electrons. The molecule has 29 heavy (non-hydrogen) atoms. The van der Waals surface area contributed by atoms with Crippen LogP contribution in [0.2, 0.25) is 0 Å². The second-order valence-corrected chi connectivity index (χ2v) is 6.79. The van der Waals surface area contributed by atoms with Gasteiger partial charge in [-0.05, 0) is 43.5 Å². The monoisotopic (exact) mass is 393 g/mol. The zero-order valence-electron chi connectivity index (χ0n) is 17.0. The van der Waals surface area contributed by atoms with Crippen LogP contribution in [0.5, 0.6) is 0 Å². The first-order valence-electron chi connectivity index (χ1n) is 10.1. The molecule has 2 aromatic carbocycles. The number of carbonyl (C=O) groups is 2. The van der Waals surface area contributed by atoms with Gasteiger partial charge in [0, 0.05) is 24.4 Å². The minimum Gasteiger partial charge on any atom is -0.466 e. The smallest absolute Gasteiger partial charge is 0.313 e. The number of carbonyl (C=O) groups excluding carboxylic acids is 2. The molecule has 1 aliphatic rings. The predicted molar refractivity (Wildman–Crippen MR) is 112 cm³/mol. The van der Waals surface area contributed by atoms with E-state index >= 15 is 0 Å². The molecule has 1 heterocycles. The fourth-order valence-corrected chi connectivity index (χ4v) is 3.52. The van der Waals surface area contributed by atoms with E-state index in [2.05, 4.69) is 0 Å². The Morgan fingerprint density at radius 3 is 2.48 bits per heavy atom. The molecule has 0 spiro atoms. The summed E-state index contributed by atoms with van der Waals surface area (Å²) in [5.74, 6) is -0.846. The summed E-state index contributed by atoms with van der Waals surface area (Å²) in [4.78, 5) is 27.9. The number of esters is 1. The van der Waals surface area contributed by atoms with Gasteiger partial charge in [-0.1, -0.05) is 48.5 Å². The van der Waals surface area contributed by atoms with Gasteiger partial charge in [-0.25, -0.2) is 0 Å². The molecule has 5 nitrogen and oxygen atoms in total. The number of rotatable bonds is 7. The molecule has 0 bridgehead atoms. The molecule has 0 aromatic heterocycles. The fourth-order valence-electron chi connectivity index (χ4n) is 3.52. The molecule has 5 heteroatoms. The highest BCUT2D eigenvalue weighted by atomic mass is 16.5. The van der Waals surface area contributed by atoms with Crippen LogP contribution < -0.4 is 0 Å². The SMILES string of the molecule is CCOCCN1C(=O)c2ccccc2CC(C(=O)OCC)/C=C\1c1ccccc1. The van der Waals surface area contributed by atoms with E-state index in [1.165, 1.54) is 0 Å². The molecule has 1 amide bonds. The summed E-state index contributed by atoms with van der Waals surface area (Å²) in [6.07, 6.45) is 2.30. The van der Waals surface area contributed by atoms with Crippen LogP contribution in [0.1, 0.15) is 35.3 Å². The minimum absolute atomic E-state index is 0.0854. The van der Waals surface area contributed by atoms with Crippen LogP contribution in [0, 0.1) is 5.92 Å². The van der Waals surface area contributed by atoms with Crippen molar-refractivity contribution >= 4 is 17.6 Å². The van der Waals surface area contributed by atoms with Crippen molar-refractivity contribution in [2.75, 3.05) is 26.4 Å². The number of ether oxygens (including phenoxy) is 2. The van der Waals surface area contributed by atoms with E-state index < -0.39 is 5.92 Å². The molecule has 1 unspecified atom stereocenters. The fraction of sp³-hybridized carbons (Fsp3) is 0.333. The lowest BCUT2D eigenvalue weighted by Crippen LogP contribution is -2.36. The van der Waals surface area contributed by atoms with Crippen LogP contribution in [0.15, 0.2) is 60.7 Å². The van der Waals surface area contributed by atoms with Crippen molar-refractivity contribution < 1.29 is 19.1 Å². The van der Waals surface area contributed by atoms with Crippen molar-refractivity contribution in [3.8, 4) is 0 Å². The highest BCUT2D eigenvalue weighted by Gasteiger charge is 2.30. The Balaban J connectivity index is 2.12. The van der Waals surface area contributed by atoms with Gasteiger partial charge in [-0.2, -0.15) is 0 Å². The van der Waals surface area contributed by atoms with Gasteiger partial charge >= 0.3 is 5.97 Å². The summed E-state index contributed by atoms with van der Waals surface area (Å²) in [6, 6.07) is 17.1. The summed E-state index contributed by atoms with van der Waals surface area (Å²) in [7, 11) is 0. The molecule has 2 aromatic rings. The molecule has 1 atom stereocenters. The van der Waals surface area contributed by atoms with Crippen LogP contribution in [0.25, 0.3) is 5.70 Å². The summed E-state index contributed by atoms with van der Waals surface area (Å²) in [5.41, 5.74) is 3.05. The molecule has 0 aliphatic carbocycles. The number of hydrogen-bond acceptors (Lipinski definition) is 4. The van der Waals surface area contributed by atoms with Crippen molar-refractivity contribution in [1.29, 1.82) is 0 Å². The zero-order chi connectivity index (χ0) is 20.6.